The fourth-order valence-corrected chi connectivity index (χ4v) is 2.14. The van der Waals surface area contributed by atoms with Crippen LogP contribution in [-0.2, 0) is 0 Å². The molecule has 0 heterocycles. The van der Waals surface area contributed by atoms with Gasteiger partial charge in [-0.05, 0) is 24.3 Å². The van der Waals surface area contributed by atoms with Gasteiger partial charge >= 0.3 is 0 Å². The molecule has 6 heteroatoms. The van der Waals surface area contributed by atoms with E-state index in [0.29, 0.717) is 0 Å². The molecular weight excluding hydrogens is 293 g/mol. The average Bonchev–Trinajstić information content (AvgIpc) is 2.34. The molecule has 0 aliphatic rings. The van der Waals surface area contributed by atoms with Crippen LogP contribution in [0.15, 0.2) is 36.4 Å². The highest BCUT2D eigenvalue weighted by molar-refractivity contribution is 6.30. The van der Waals surface area contributed by atoms with Crippen LogP contribution in [0.5, 0.6) is 0 Å². The van der Waals surface area contributed by atoms with Crippen molar-refractivity contribution in [2.24, 2.45) is 5.84 Å². The molecule has 3 N–H and O–H groups in total. The second-order valence-electron chi connectivity index (χ2n) is 3.93. The summed E-state index contributed by atoms with van der Waals surface area (Å²) in [5.41, 5.74) is 2.79. The largest absolute Gasteiger partial charge is 0.271 e. The van der Waals surface area contributed by atoms with E-state index in [1.165, 1.54) is 24.3 Å². The third kappa shape index (κ3) is 3.04. The Kier molecular flexibility index (Phi) is 4.37. The fraction of sp³-hybridized carbons (Fsp3) is 0.0769. The van der Waals surface area contributed by atoms with Gasteiger partial charge in [0.2, 0.25) is 0 Å². The molecule has 2 rings (SSSR count). The minimum Gasteiger partial charge on any atom is -0.271 e. The normalized spacial score (nSPS) is 11.1. The summed E-state index contributed by atoms with van der Waals surface area (Å²) in [6.45, 7) is 0. The van der Waals surface area contributed by atoms with Crippen LogP contribution in [-0.4, -0.2) is 0 Å². The molecule has 2 aromatic carbocycles. The third-order valence-corrected chi connectivity index (χ3v) is 3.18. The molecule has 0 bridgehead atoms. The summed E-state index contributed by atoms with van der Waals surface area (Å²) in [5, 5.41) is 0.516. The lowest BCUT2D eigenvalue weighted by molar-refractivity contribution is 0.531. The van der Waals surface area contributed by atoms with Crippen molar-refractivity contribution >= 4 is 23.2 Å². The highest BCUT2D eigenvalue weighted by Crippen LogP contribution is 2.28. The van der Waals surface area contributed by atoms with Crippen molar-refractivity contribution in [3.05, 3.63) is 69.2 Å². The average molecular weight is 303 g/mol. The lowest BCUT2D eigenvalue weighted by Crippen LogP contribution is -2.30. The Balaban J connectivity index is 2.50. The van der Waals surface area contributed by atoms with Crippen LogP contribution < -0.4 is 11.3 Å². The van der Waals surface area contributed by atoms with E-state index >= 15 is 0 Å². The van der Waals surface area contributed by atoms with Crippen LogP contribution in [0.2, 0.25) is 10.0 Å². The van der Waals surface area contributed by atoms with E-state index in [1.54, 1.807) is 0 Å². The maximum atomic E-state index is 13.9. The maximum absolute atomic E-state index is 13.9. The summed E-state index contributed by atoms with van der Waals surface area (Å²) < 4.78 is 27.7. The van der Waals surface area contributed by atoms with Crippen LogP contribution in [0.3, 0.4) is 0 Å². The van der Waals surface area contributed by atoms with Crippen molar-refractivity contribution in [1.82, 2.24) is 5.43 Å². The first kappa shape index (κ1) is 14.2. The minimum absolute atomic E-state index is 0.202. The molecule has 0 unspecified atom stereocenters. The molecule has 0 saturated carbocycles. The second-order valence-corrected chi connectivity index (χ2v) is 4.80. The first-order valence-corrected chi connectivity index (χ1v) is 6.14. The molecule has 19 heavy (non-hydrogen) atoms. The van der Waals surface area contributed by atoms with Gasteiger partial charge in [-0.2, -0.15) is 0 Å². The topological polar surface area (TPSA) is 38.0 Å². The quantitative estimate of drug-likeness (QED) is 0.668. The second kappa shape index (κ2) is 5.84. The van der Waals surface area contributed by atoms with E-state index in [1.807, 2.05) is 0 Å². The standard InChI is InChI=1S/C13H10Cl2F2N2/c14-7-1-3-9(11(16)5-7)13(19-18)10-4-2-8(15)6-12(10)17/h1-6,13,19H,18H2. The fourth-order valence-electron chi connectivity index (χ4n) is 1.82. The van der Waals surface area contributed by atoms with Gasteiger partial charge in [0.25, 0.3) is 0 Å². The number of halogens is 4. The van der Waals surface area contributed by atoms with E-state index in [0.717, 1.165) is 12.1 Å². The number of nitrogens with two attached hydrogens (primary N) is 1. The summed E-state index contributed by atoms with van der Waals surface area (Å²) in [6, 6.07) is 7.40. The predicted molar refractivity (Wildman–Crippen MR) is 72.0 cm³/mol. The van der Waals surface area contributed by atoms with Crippen LogP contribution in [0.1, 0.15) is 17.2 Å². The maximum Gasteiger partial charge on any atom is 0.129 e. The number of hydrazine groups is 1. The zero-order valence-corrected chi connectivity index (χ0v) is 11.1. The Labute approximate surface area is 119 Å². The van der Waals surface area contributed by atoms with Crippen molar-refractivity contribution < 1.29 is 8.78 Å². The Morgan fingerprint density at radius 1 is 0.895 bits per heavy atom. The van der Waals surface area contributed by atoms with Gasteiger partial charge in [0, 0.05) is 21.2 Å². The molecular formula is C13H10Cl2F2N2. The molecule has 2 aromatic rings. The molecule has 0 spiro atoms. The number of hydrogen-bond donors (Lipinski definition) is 2. The summed E-state index contributed by atoms with van der Waals surface area (Å²) in [4.78, 5) is 0. The van der Waals surface area contributed by atoms with Crippen LogP contribution in [0, 0.1) is 11.6 Å². The predicted octanol–water partition coefficient (Wildman–Crippen LogP) is 3.82. The van der Waals surface area contributed by atoms with Gasteiger partial charge in [0.1, 0.15) is 11.6 Å². The molecule has 0 aliphatic carbocycles. The van der Waals surface area contributed by atoms with E-state index in [-0.39, 0.29) is 21.2 Å². The van der Waals surface area contributed by atoms with Crippen LogP contribution in [0.4, 0.5) is 8.78 Å². The number of benzene rings is 2. The van der Waals surface area contributed by atoms with E-state index < -0.39 is 17.7 Å². The van der Waals surface area contributed by atoms with Crippen molar-refractivity contribution in [3.63, 3.8) is 0 Å². The Hall–Kier alpha value is -1.20. The highest BCUT2D eigenvalue weighted by Gasteiger charge is 2.20. The highest BCUT2D eigenvalue weighted by atomic mass is 35.5. The van der Waals surface area contributed by atoms with Gasteiger partial charge in [-0.1, -0.05) is 35.3 Å². The van der Waals surface area contributed by atoms with Crippen molar-refractivity contribution in [3.8, 4) is 0 Å². The van der Waals surface area contributed by atoms with Gasteiger partial charge in [-0.25, -0.2) is 14.2 Å². The molecule has 0 saturated heterocycles. The SMILES string of the molecule is NNC(c1ccc(Cl)cc1F)c1ccc(Cl)cc1F. The zero-order chi connectivity index (χ0) is 14.0. The molecule has 0 atom stereocenters. The van der Waals surface area contributed by atoms with Gasteiger partial charge in [0.05, 0.1) is 6.04 Å². The van der Waals surface area contributed by atoms with Gasteiger partial charge in [0.15, 0.2) is 0 Å². The first-order chi connectivity index (χ1) is 9.02. The Morgan fingerprint density at radius 2 is 1.32 bits per heavy atom. The van der Waals surface area contributed by atoms with E-state index in [2.05, 4.69) is 5.43 Å². The molecule has 2 nitrogen and oxygen atoms in total. The summed E-state index contributed by atoms with van der Waals surface area (Å²) in [5.74, 6) is 4.27. The van der Waals surface area contributed by atoms with Crippen LogP contribution >= 0.6 is 23.2 Å². The summed E-state index contributed by atoms with van der Waals surface area (Å²) in [7, 11) is 0. The first-order valence-electron chi connectivity index (χ1n) is 5.39. The molecule has 0 amide bonds. The lowest BCUT2D eigenvalue weighted by atomic mass is 9.98. The number of rotatable bonds is 3. The minimum atomic E-state index is -0.825. The molecule has 100 valence electrons. The molecule has 0 fully saturated rings. The smallest absolute Gasteiger partial charge is 0.129 e. The number of hydrogen-bond acceptors (Lipinski definition) is 2. The lowest BCUT2D eigenvalue weighted by Gasteiger charge is -2.18. The van der Waals surface area contributed by atoms with Crippen LogP contribution in [0.25, 0.3) is 0 Å². The van der Waals surface area contributed by atoms with Crippen molar-refractivity contribution in [1.29, 1.82) is 0 Å². The van der Waals surface area contributed by atoms with Gasteiger partial charge < -0.3 is 0 Å². The number of nitrogens with one attached hydrogen (secondary N) is 1. The van der Waals surface area contributed by atoms with Crippen molar-refractivity contribution in [2.45, 2.75) is 6.04 Å². The molecule has 0 aromatic heterocycles. The third-order valence-electron chi connectivity index (χ3n) is 2.71. The Bertz CT molecular complexity index is 554. The van der Waals surface area contributed by atoms with Gasteiger partial charge in [-0.15, -0.1) is 0 Å². The monoisotopic (exact) mass is 302 g/mol. The van der Waals surface area contributed by atoms with Crippen molar-refractivity contribution in [2.75, 3.05) is 0 Å². The van der Waals surface area contributed by atoms with Gasteiger partial charge in [-0.3, -0.25) is 5.84 Å². The summed E-state index contributed by atoms with van der Waals surface area (Å²) >= 11 is 11.4. The summed E-state index contributed by atoms with van der Waals surface area (Å²) in [6.07, 6.45) is 0. The Morgan fingerprint density at radius 3 is 1.63 bits per heavy atom. The van der Waals surface area contributed by atoms with E-state index in [9.17, 15) is 8.78 Å². The zero-order valence-electron chi connectivity index (χ0n) is 9.63. The van der Waals surface area contributed by atoms with E-state index in [4.69, 9.17) is 29.0 Å². The molecule has 0 aliphatic heterocycles. The molecule has 0 radical (unpaired) electrons.